The number of carbonyl (C=O) groups excluding carboxylic acids is 1. The molecule has 0 saturated carbocycles. The summed E-state index contributed by atoms with van der Waals surface area (Å²) in [6, 6.07) is 26.9. The van der Waals surface area contributed by atoms with Gasteiger partial charge in [-0.15, -0.1) is 11.3 Å². The van der Waals surface area contributed by atoms with Crippen molar-refractivity contribution in [2.45, 2.75) is 23.3 Å². The quantitative estimate of drug-likeness (QED) is 0.226. The van der Waals surface area contributed by atoms with E-state index in [-0.39, 0.29) is 22.2 Å². The van der Waals surface area contributed by atoms with E-state index in [0.717, 1.165) is 20.8 Å². The molecule has 0 bridgehead atoms. The van der Waals surface area contributed by atoms with Gasteiger partial charge in [-0.1, -0.05) is 35.9 Å². The van der Waals surface area contributed by atoms with Crippen LogP contribution in [0.1, 0.15) is 5.56 Å². The van der Waals surface area contributed by atoms with Crippen LogP contribution in [0.15, 0.2) is 107 Å². The second-order valence-corrected chi connectivity index (χ2v) is 12.6. The Morgan fingerprint density at radius 1 is 0.974 bits per heavy atom. The van der Waals surface area contributed by atoms with E-state index >= 15 is 0 Å². The fourth-order valence-electron chi connectivity index (χ4n) is 4.51. The minimum Gasteiger partial charge on any atom is -0.337 e. The summed E-state index contributed by atoms with van der Waals surface area (Å²) in [7, 11) is -3.82. The second kappa shape index (κ2) is 9.96. The number of halogens is 1. The third kappa shape index (κ3) is 4.94. The van der Waals surface area contributed by atoms with Crippen LogP contribution in [0.25, 0.3) is 31.7 Å². The molecule has 0 unspecified atom stereocenters. The molecule has 0 aliphatic rings. The van der Waals surface area contributed by atoms with Gasteiger partial charge in [0.25, 0.3) is 0 Å². The Morgan fingerprint density at radius 3 is 2.49 bits per heavy atom. The molecule has 0 atom stereocenters. The van der Waals surface area contributed by atoms with E-state index in [4.69, 9.17) is 16.6 Å². The molecule has 2 heterocycles. The molecule has 6 rings (SSSR count). The van der Waals surface area contributed by atoms with Crippen molar-refractivity contribution in [1.29, 1.82) is 0 Å². The third-order valence-electron chi connectivity index (χ3n) is 6.44. The molecule has 0 aliphatic heterocycles. The van der Waals surface area contributed by atoms with Crippen molar-refractivity contribution in [3.63, 3.8) is 0 Å². The number of hydrogen-bond acceptors (Lipinski definition) is 5. The minimum atomic E-state index is -3.82. The van der Waals surface area contributed by atoms with E-state index in [2.05, 4.69) is 24.4 Å². The van der Waals surface area contributed by atoms with E-state index in [1.54, 1.807) is 46.2 Å². The van der Waals surface area contributed by atoms with Gasteiger partial charge in [0.15, 0.2) is 0 Å². The standard InChI is InChI=1S/C30H22ClN3O3S2/c1-19-6-15-25-27(16-19)38-30(33-25)20-7-11-22(12-8-20)32-29(35)18-34-17-28(24-4-2-3-5-26(24)34)39(36,37)23-13-9-21(31)10-14-23/h2-17H,18H2,1H3,(H,32,35). The van der Waals surface area contributed by atoms with Gasteiger partial charge in [0.05, 0.1) is 20.0 Å². The summed E-state index contributed by atoms with van der Waals surface area (Å²) in [5, 5.41) is 4.84. The molecule has 194 valence electrons. The van der Waals surface area contributed by atoms with Gasteiger partial charge in [0.2, 0.25) is 15.7 Å². The zero-order chi connectivity index (χ0) is 27.1. The number of carbonyl (C=O) groups is 1. The molecule has 1 N–H and O–H groups in total. The highest BCUT2D eigenvalue weighted by molar-refractivity contribution is 7.91. The van der Waals surface area contributed by atoms with E-state index in [0.29, 0.717) is 21.6 Å². The number of aromatic nitrogens is 2. The third-order valence-corrected chi connectivity index (χ3v) is 9.56. The Balaban J connectivity index is 1.23. The molecular weight excluding hydrogens is 550 g/mol. The molecule has 9 heteroatoms. The lowest BCUT2D eigenvalue weighted by atomic mass is 10.2. The summed E-state index contributed by atoms with van der Waals surface area (Å²) in [6.45, 7) is 2.02. The van der Waals surface area contributed by atoms with Crippen molar-refractivity contribution >= 4 is 65.5 Å². The van der Waals surface area contributed by atoms with Crippen LogP contribution < -0.4 is 5.32 Å². The molecule has 2 aromatic heterocycles. The molecule has 0 aliphatic carbocycles. The summed E-state index contributed by atoms with van der Waals surface area (Å²) in [5.74, 6) is -0.269. The normalized spacial score (nSPS) is 11.7. The van der Waals surface area contributed by atoms with Gasteiger partial charge in [0, 0.05) is 33.4 Å². The highest BCUT2D eigenvalue weighted by Crippen LogP contribution is 2.32. The van der Waals surface area contributed by atoms with Crippen LogP contribution in [0.5, 0.6) is 0 Å². The summed E-state index contributed by atoms with van der Waals surface area (Å²) in [6.07, 6.45) is 1.52. The lowest BCUT2D eigenvalue weighted by Gasteiger charge is -2.08. The van der Waals surface area contributed by atoms with Gasteiger partial charge in [0.1, 0.15) is 11.6 Å². The van der Waals surface area contributed by atoms with Crippen molar-refractivity contribution in [2.24, 2.45) is 0 Å². The van der Waals surface area contributed by atoms with Crippen molar-refractivity contribution in [3.8, 4) is 10.6 Å². The Hall–Kier alpha value is -3.98. The number of nitrogens with zero attached hydrogens (tertiary/aromatic N) is 2. The van der Waals surface area contributed by atoms with Crippen LogP contribution in [0.2, 0.25) is 5.02 Å². The maximum absolute atomic E-state index is 13.4. The van der Waals surface area contributed by atoms with E-state index < -0.39 is 9.84 Å². The molecule has 4 aromatic carbocycles. The second-order valence-electron chi connectivity index (χ2n) is 9.21. The minimum absolute atomic E-state index is 0.0460. The lowest BCUT2D eigenvalue weighted by Crippen LogP contribution is -2.18. The largest absolute Gasteiger partial charge is 0.337 e. The molecule has 39 heavy (non-hydrogen) atoms. The van der Waals surface area contributed by atoms with E-state index in [1.165, 1.54) is 23.9 Å². The number of benzene rings is 4. The number of nitrogens with one attached hydrogen (secondary N) is 1. The summed E-state index contributed by atoms with van der Waals surface area (Å²) >= 11 is 7.58. The SMILES string of the molecule is Cc1ccc2nc(-c3ccc(NC(=O)Cn4cc(S(=O)(=O)c5ccc(Cl)cc5)c5ccccc54)cc3)sc2c1. The van der Waals surface area contributed by atoms with Crippen molar-refractivity contribution < 1.29 is 13.2 Å². The fraction of sp³-hybridized carbons (Fsp3) is 0.0667. The topological polar surface area (TPSA) is 81.1 Å². The Morgan fingerprint density at radius 2 is 1.72 bits per heavy atom. The summed E-state index contributed by atoms with van der Waals surface area (Å²) < 4.78 is 29.6. The molecule has 0 spiro atoms. The number of rotatable bonds is 6. The first-order valence-corrected chi connectivity index (χ1v) is 14.8. The first-order valence-electron chi connectivity index (χ1n) is 12.1. The van der Waals surface area contributed by atoms with Crippen LogP contribution in [0.4, 0.5) is 5.69 Å². The smallest absolute Gasteiger partial charge is 0.244 e. The van der Waals surface area contributed by atoms with Gasteiger partial charge < -0.3 is 9.88 Å². The first-order chi connectivity index (χ1) is 18.8. The summed E-state index contributed by atoms with van der Waals surface area (Å²) in [4.78, 5) is 18.0. The average molecular weight is 572 g/mol. The number of fused-ring (bicyclic) bond motifs is 2. The zero-order valence-corrected chi connectivity index (χ0v) is 23.1. The number of sulfone groups is 1. The van der Waals surface area contributed by atoms with Crippen molar-refractivity contribution in [2.75, 3.05) is 5.32 Å². The van der Waals surface area contributed by atoms with Crippen molar-refractivity contribution in [1.82, 2.24) is 9.55 Å². The predicted molar refractivity (Wildman–Crippen MR) is 157 cm³/mol. The highest BCUT2D eigenvalue weighted by Gasteiger charge is 2.24. The van der Waals surface area contributed by atoms with Gasteiger partial charge in [-0.05, 0) is 79.2 Å². The number of para-hydroxylation sites is 1. The number of amides is 1. The van der Waals surface area contributed by atoms with Crippen LogP contribution in [0.3, 0.4) is 0 Å². The zero-order valence-electron chi connectivity index (χ0n) is 20.8. The fourth-order valence-corrected chi connectivity index (χ4v) is 7.18. The number of anilines is 1. The summed E-state index contributed by atoms with van der Waals surface area (Å²) in [5.41, 5.74) is 4.43. The average Bonchev–Trinajstić information content (AvgIpc) is 3.51. The molecular formula is C30H22ClN3O3S2. The van der Waals surface area contributed by atoms with Gasteiger partial charge in [-0.2, -0.15) is 0 Å². The van der Waals surface area contributed by atoms with E-state index in [9.17, 15) is 13.2 Å². The Bertz CT molecular complexity index is 1960. The lowest BCUT2D eigenvalue weighted by molar-refractivity contribution is -0.116. The molecule has 6 nitrogen and oxygen atoms in total. The monoisotopic (exact) mass is 571 g/mol. The van der Waals surface area contributed by atoms with Gasteiger partial charge in [-0.25, -0.2) is 13.4 Å². The Kier molecular flexibility index (Phi) is 6.46. The van der Waals surface area contributed by atoms with Crippen molar-refractivity contribution in [3.05, 3.63) is 108 Å². The molecule has 0 radical (unpaired) electrons. The number of thiazole rings is 1. The van der Waals surface area contributed by atoms with E-state index in [1.807, 2.05) is 36.4 Å². The number of hydrogen-bond donors (Lipinski definition) is 1. The highest BCUT2D eigenvalue weighted by atomic mass is 35.5. The molecule has 1 amide bonds. The maximum Gasteiger partial charge on any atom is 0.244 e. The molecule has 0 fully saturated rings. The Labute approximate surface area is 234 Å². The van der Waals surface area contributed by atoms with Gasteiger partial charge in [-0.3, -0.25) is 4.79 Å². The first kappa shape index (κ1) is 25.3. The van der Waals surface area contributed by atoms with Crippen LogP contribution in [-0.4, -0.2) is 23.9 Å². The maximum atomic E-state index is 13.4. The number of aryl methyl sites for hydroxylation is 1. The van der Waals surface area contributed by atoms with Crippen LogP contribution >= 0.6 is 22.9 Å². The molecule has 6 aromatic rings. The molecule has 0 saturated heterocycles. The van der Waals surface area contributed by atoms with Crippen LogP contribution in [-0.2, 0) is 21.2 Å². The van der Waals surface area contributed by atoms with Gasteiger partial charge >= 0.3 is 0 Å². The predicted octanol–water partition coefficient (Wildman–Crippen LogP) is 7.35. The van der Waals surface area contributed by atoms with Crippen LogP contribution in [0, 0.1) is 6.92 Å².